The second kappa shape index (κ2) is 5.54. The highest BCUT2D eigenvalue weighted by atomic mass is 16.2. The van der Waals surface area contributed by atoms with E-state index in [9.17, 15) is 4.79 Å². The van der Waals surface area contributed by atoms with Gasteiger partial charge in [-0.25, -0.2) is 0 Å². The number of aromatic nitrogens is 2. The fourth-order valence-corrected chi connectivity index (χ4v) is 1.62. The van der Waals surface area contributed by atoms with Gasteiger partial charge in [0.1, 0.15) is 6.54 Å². The summed E-state index contributed by atoms with van der Waals surface area (Å²) < 4.78 is 1.60. The van der Waals surface area contributed by atoms with E-state index in [1.54, 1.807) is 16.6 Å². The van der Waals surface area contributed by atoms with Crippen LogP contribution in [0, 0.1) is 25.2 Å². The van der Waals surface area contributed by atoms with Crippen molar-refractivity contribution in [1.82, 2.24) is 14.7 Å². The van der Waals surface area contributed by atoms with E-state index in [4.69, 9.17) is 11.0 Å². The lowest BCUT2D eigenvalue weighted by molar-refractivity contribution is -0.132. The van der Waals surface area contributed by atoms with Crippen LogP contribution in [0.2, 0.25) is 0 Å². The highest BCUT2D eigenvalue weighted by Gasteiger charge is 2.18. The van der Waals surface area contributed by atoms with Crippen LogP contribution in [-0.4, -0.2) is 33.7 Å². The average Bonchev–Trinajstić information content (AvgIpc) is 2.56. The van der Waals surface area contributed by atoms with Crippen molar-refractivity contribution in [2.24, 2.45) is 0 Å². The normalized spacial score (nSPS) is 11.9. The zero-order chi connectivity index (χ0) is 13.9. The number of nitrogens with zero attached hydrogens (tertiary/aromatic N) is 4. The van der Waals surface area contributed by atoms with Gasteiger partial charge in [0.15, 0.2) is 0 Å². The van der Waals surface area contributed by atoms with Crippen molar-refractivity contribution >= 4 is 11.6 Å². The van der Waals surface area contributed by atoms with Gasteiger partial charge in [-0.3, -0.25) is 9.48 Å². The van der Waals surface area contributed by atoms with Crippen molar-refractivity contribution in [3.8, 4) is 6.07 Å². The van der Waals surface area contributed by atoms with Crippen molar-refractivity contribution in [1.29, 1.82) is 5.26 Å². The van der Waals surface area contributed by atoms with Gasteiger partial charge in [-0.1, -0.05) is 0 Å². The zero-order valence-corrected chi connectivity index (χ0v) is 11.3. The van der Waals surface area contributed by atoms with E-state index in [1.807, 2.05) is 20.8 Å². The first kappa shape index (κ1) is 14.0. The van der Waals surface area contributed by atoms with Crippen LogP contribution in [0.4, 0.5) is 5.69 Å². The van der Waals surface area contributed by atoms with E-state index >= 15 is 0 Å². The van der Waals surface area contributed by atoms with Gasteiger partial charge in [0, 0.05) is 13.1 Å². The molecule has 0 fully saturated rings. The molecule has 0 aliphatic heterocycles. The van der Waals surface area contributed by atoms with E-state index in [2.05, 4.69) is 11.2 Å². The zero-order valence-electron chi connectivity index (χ0n) is 11.3. The second-order valence-corrected chi connectivity index (χ2v) is 4.46. The molecule has 0 aliphatic rings. The molecule has 0 radical (unpaired) electrons. The number of hydrogen-bond acceptors (Lipinski definition) is 4. The summed E-state index contributed by atoms with van der Waals surface area (Å²) in [7, 11) is 1.69. The Morgan fingerprint density at radius 2 is 2.22 bits per heavy atom. The van der Waals surface area contributed by atoms with E-state index in [-0.39, 0.29) is 18.5 Å². The topological polar surface area (TPSA) is 87.9 Å². The fraction of sp³-hybridized carbons (Fsp3) is 0.583. The third-order valence-corrected chi connectivity index (χ3v) is 3.16. The first-order valence-corrected chi connectivity index (χ1v) is 5.80. The van der Waals surface area contributed by atoms with Gasteiger partial charge in [-0.2, -0.15) is 10.4 Å². The number of carbonyl (C=O) groups excluding carboxylic acids is 1. The maximum Gasteiger partial charge on any atom is 0.244 e. The van der Waals surface area contributed by atoms with Gasteiger partial charge in [-0.15, -0.1) is 0 Å². The molecular formula is C12H19N5O. The minimum absolute atomic E-state index is 0.0802. The number of carbonyl (C=O) groups is 1. The Bertz CT molecular complexity index is 485. The summed E-state index contributed by atoms with van der Waals surface area (Å²) in [6.07, 6.45) is 0.321. The highest BCUT2D eigenvalue weighted by Crippen LogP contribution is 2.15. The molecule has 1 unspecified atom stereocenters. The molecule has 6 nitrogen and oxygen atoms in total. The summed E-state index contributed by atoms with van der Waals surface area (Å²) in [6.45, 7) is 5.64. The number of hydrogen-bond donors (Lipinski definition) is 1. The van der Waals surface area contributed by atoms with Crippen molar-refractivity contribution in [3.63, 3.8) is 0 Å². The maximum absolute atomic E-state index is 12.0. The smallest absolute Gasteiger partial charge is 0.244 e. The van der Waals surface area contributed by atoms with Gasteiger partial charge in [0.2, 0.25) is 5.91 Å². The lowest BCUT2D eigenvalue weighted by Crippen LogP contribution is -2.37. The summed E-state index contributed by atoms with van der Waals surface area (Å²) >= 11 is 0. The minimum atomic E-state index is -0.100. The largest absolute Gasteiger partial charge is 0.396 e. The van der Waals surface area contributed by atoms with E-state index in [0.717, 1.165) is 11.4 Å². The standard InChI is InChI=1S/C12H19N5O/c1-8(5-6-13)16(4)11(18)7-17-10(3)12(14)9(2)15-17/h8H,5,7,14H2,1-4H3. The molecule has 0 aromatic carbocycles. The Morgan fingerprint density at radius 1 is 1.61 bits per heavy atom. The van der Waals surface area contributed by atoms with Crippen LogP contribution < -0.4 is 5.73 Å². The molecule has 6 heteroatoms. The summed E-state index contributed by atoms with van der Waals surface area (Å²) in [5.41, 5.74) is 7.95. The van der Waals surface area contributed by atoms with Crippen LogP contribution in [0.15, 0.2) is 0 Å². The summed E-state index contributed by atoms with van der Waals surface area (Å²) in [5, 5.41) is 12.8. The average molecular weight is 249 g/mol. The molecule has 1 amide bonds. The lowest BCUT2D eigenvalue weighted by atomic mass is 10.2. The molecule has 98 valence electrons. The molecule has 0 saturated carbocycles. The van der Waals surface area contributed by atoms with Gasteiger partial charge >= 0.3 is 0 Å². The number of aryl methyl sites for hydroxylation is 1. The first-order chi connectivity index (χ1) is 8.38. The van der Waals surface area contributed by atoms with Crippen molar-refractivity contribution in [3.05, 3.63) is 11.4 Å². The number of anilines is 1. The van der Waals surface area contributed by atoms with Gasteiger partial charge in [-0.05, 0) is 20.8 Å². The highest BCUT2D eigenvalue weighted by molar-refractivity contribution is 5.76. The molecular weight excluding hydrogens is 230 g/mol. The second-order valence-electron chi connectivity index (χ2n) is 4.46. The van der Waals surface area contributed by atoms with E-state index in [0.29, 0.717) is 12.1 Å². The fourth-order valence-electron chi connectivity index (χ4n) is 1.62. The maximum atomic E-state index is 12.0. The van der Waals surface area contributed by atoms with Crippen molar-refractivity contribution in [2.45, 2.75) is 39.8 Å². The van der Waals surface area contributed by atoms with Crippen LogP contribution in [-0.2, 0) is 11.3 Å². The van der Waals surface area contributed by atoms with E-state index in [1.165, 1.54) is 0 Å². The van der Waals surface area contributed by atoms with Crippen LogP contribution >= 0.6 is 0 Å². The van der Waals surface area contributed by atoms with Crippen molar-refractivity contribution in [2.75, 3.05) is 12.8 Å². The molecule has 1 aromatic rings. The molecule has 18 heavy (non-hydrogen) atoms. The third kappa shape index (κ3) is 2.80. The Morgan fingerprint density at radius 3 is 2.67 bits per heavy atom. The van der Waals surface area contributed by atoms with Gasteiger partial charge < -0.3 is 10.6 Å². The van der Waals surface area contributed by atoms with Crippen LogP contribution in [0.5, 0.6) is 0 Å². The predicted octanol–water partition coefficient (Wildman–Crippen LogP) is 0.843. The molecule has 0 saturated heterocycles. The minimum Gasteiger partial charge on any atom is -0.396 e. The number of likely N-dealkylation sites (N-methyl/N-ethyl adjacent to an activating group) is 1. The molecule has 0 bridgehead atoms. The quantitative estimate of drug-likeness (QED) is 0.856. The Hall–Kier alpha value is -2.03. The monoisotopic (exact) mass is 249 g/mol. The number of nitriles is 1. The number of nitrogens with two attached hydrogens (primary N) is 1. The molecule has 1 rings (SSSR count). The van der Waals surface area contributed by atoms with E-state index < -0.39 is 0 Å². The molecule has 0 spiro atoms. The lowest BCUT2D eigenvalue weighted by Gasteiger charge is -2.23. The van der Waals surface area contributed by atoms with Gasteiger partial charge in [0.25, 0.3) is 0 Å². The summed E-state index contributed by atoms with van der Waals surface area (Å²) in [4.78, 5) is 13.6. The summed E-state index contributed by atoms with van der Waals surface area (Å²) in [5.74, 6) is -0.0802. The Balaban J connectivity index is 2.76. The van der Waals surface area contributed by atoms with Crippen molar-refractivity contribution < 1.29 is 4.79 Å². The number of amides is 1. The number of nitrogen functional groups attached to an aromatic ring is 1. The van der Waals surface area contributed by atoms with Gasteiger partial charge in [0.05, 0.1) is 29.6 Å². The molecule has 1 heterocycles. The summed E-state index contributed by atoms with van der Waals surface area (Å²) in [6, 6.07) is 1.96. The molecule has 2 N–H and O–H groups in total. The van der Waals surface area contributed by atoms with Crippen LogP contribution in [0.1, 0.15) is 24.7 Å². The Kier molecular flexibility index (Phi) is 4.32. The number of rotatable bonds is 4. The predicted molar refractivity (Wildman–Crippen MR) is 68.6 cm³/mol. The van der Waals surface area contributed by atoms with Crippen LogP contribution in [0.25, 0.3) is 0 Å². The SMILES string of the molecule is Cc1nn(CC(=O)N(C)C(C)CC#N)c(C)c1N. The molecule has 0 aliphatic carbocycles. The molecule has 1 aromatic heterocycles. The first-order valence-electron chi connectivity index (χ1n) is 5.80. The third-order valence-electron chi connectivity index (χ3n) is 3.16. The van der Waals surface area contributed by atoms with Crippen LogP contribution in [0.3, 0.4) is 0 Å². The Labute approximate surface area is 107 Å². The molecule has 1 atom stereocenters.